The molecule has 1 aromatic rings. The number of carboxylic acids is 1. The molecule has 0 aliphatic rings. The first kappa shape index (κ1) is 14.2. The van der Waals surface area contributed by atoms with Gasteiger partial charge in [0, 0.05) is 24.8 Å². The van der Waals surface area contributed by atoms with Crippen molar-refractivity contribution in [3.05, 3.63) is 22.4 Å². The van der Waals surface area contributed by atoms with Crippen molar-refractivity contribution in [2.75, 3.05) is 6.54 Å². The molecule has 0 fully saturated rings. The van der Waals surface area contributed by atoms with Crippen molar-refractivity contribution >= 4 is 29.1 Å². The number of hydrogen-bond acceptors (Lipinski definition) is 4. The van der Waals surface area contributed by atoms with E-state index in [-0.39, 0.29) is 18.9 Å². The zero-order valence-electron chi connectivity index (χ0n) is 9.80. The summed E-state index contributed by atoms with van der Waals surface area (Å²) in [5.41, 5.74) is 0. The van der Waals surface area contributed by atoms with Crippen LogP contribution in [0.1, 0.15) is 24.3 Å². The lowest BCUT2D eigenvalue weighted by atomic mass is 10.2. The van der Waals surface area contributed by atoms with E-state index in [1.807, 2.05) is 0 Å². The Morgan fingerprint density at radius 3 is 2.67 bits per heavy atom. The number of carbonyl (C=O) groups excluding carboxylic acids is 2. The smallest absolute Gasteiger partial charge is 0.331 e. The van der Waals surface area contributed by atoms with Gasteiger partial charge in [-0.15, -0.1) is 11.3 Å². The Balaban J connectivity index is 2.49. The van der Waals surface area contributed by atoms with Gasteiger partial charge in [-0.3, -0.25) is 9.59 Å². The number of thiophene rings is 1. The van der Waals surface area contributed by atoms with Gasteiger partial charge in [-0.05, 0) is 11.4 Å². The largest absolute Gasteiger partial charge is 0.479 e. The van der Waals surface area contributed by atoms with Gasteiger partial charge in [0.25, 0.3) is 0 Å². The second kappa shape index (κ2) is 6.75. The lowest BCUT2D eigenvalue weighted by Crippen LogP contribution is -2.35. The monoisotopic (exact) mass is 270 g/mol. The van der Waals surface area contributed by atoms with Crippen LogP contribution in [0.5, 0.6) is 0 Å². The Kier molecular flexibility index (Phi) is 5.31. The maximum atomic E-state index is 11.5. The summed E-state index contributed by atoms with van der Waals surface area (Å²) in [6.07, 6.45) is 0.0503. The van der Waals surface area contributed by atoms with Gasteiger partial charge in [-0.2, -0.15) is 0 Å². The number of hydrogen-bond donors (Lipinski definition) is 3. The molecule has 0 spiro atoms. The number of carboxylic acid groups (broad SMARTS) is 1. The van der Waals surface area contributed by atoms with Crippen molar-refractivity contribution in [3.8, 4) is 0 Å². The van der Waals surface area contributed by atoms with Gasteiger partial charge in [-0.25, -0.2) is 4.79 Å². The minimum absolute atomic E-state index is 0.0503. The summed E-state index contributed by atoms with van der Waals surface area (Å²) in [6, 6.07) is 2.34. The predicted molar refractivity (Wildman–Crippen MR) is 66.1 cm³/mol. The van der Waals surface area contributed by atoms with E-state index in [0.29, 0.717) is 4.88 Å². The Hall–Kier alpha value is -1.89. The predicted octanol–water partition coefficient (Wildman–Crippen LogP) is 0.516. The van der Waals surface area contributed by atoms with Crippen LogP contribution in [0.25, 0.3) is 0 Å². The molecular formula is C11H14N2O4S. The maximum absolute atomic E-state index is 11.5. The zero-order valence-corrected chi connectivity index (χ0v) is 10.6. The molecule has 18 heavy (non-hydrogen) atoms. The van der Waals surface area contributed by atoms with E-state index >= 15 is 0 Å². The molecule has 0 saturated carbocycles. The van der Waals surface area contributed by atoms with Crippen LogP contribution < -0.4 is 10.6 Å². The Labute approximate surface area is 108 Å². The average molecular weight is 270 g/mol. The highest BCUT2D eigenvalue weighted by Crippen LogP contribution is 2.19. The van der Waals surface area contributed by atoms with Gasteiger partial charge in [0.1, 0.15) is 0 Å². The van der Waals surface area contributed by atoms with Gasteiger partial charge >= 0.3 is 5.97 Å². The molecule has 1 aromatic heterocycles. The molecule has 0 saturated heterocycles. The van der Waals surface area contributed by atoms with E-state index in [4.69, 9.17) is 5.11 Å². The van der Waals surface area contributed by atoms with E-state index in [9.17, 15) is 14.4 Å². The third-order valence-corrected chi connectivity index (χ3v) is 3.04. The number of carbonyl (C=O) groups is 3. The Morgan fingerprint density at radius 1 is 1.44 bits per heavy atom. The van der Waals surface area contributed by atoms with Crippen LogP contribution in [0.3, 0.4) is 0 Å². The standard InChI is InChI=1S/C11H14N2O4S/c1-7(14)12-5-4-9(15)13-10(11(16)17)8-3-2-6-18-8/h2-3,6,10H,4-5H2,1H3,(H,12,14)(H,13,15)(H,16,17). The number of amides is 2. The van der Waals surface area contributed by atoms with Crippen molar-refractivity contribution in [1.29, 1.82) is 0 Å². The highest BCUT2D eigenvalue weighted by molar-refractivity contribution is 7.10. The molecule has 7 heteroatoms. The van der Waals surface area contributed by atoms with Gasteiger partial charge in [0.2, 0.25) is 11.8 Å². The average Bonchev–Trinajstić information content (AvgIpc) is 2.78. The second-order valence-electron chi connectivity index (χ2n) is 3.59. The first-order chi connectivity index (χ1) is 8.50. The Bertz CT molecular complexity index is 430. The molecule has 0 radical (unpaired) electrons. The quantitative estimate of drug-likeness (QED) is 0.702. The van der Waals surface area contributed by atoms with E-state index < -0.39 is 17.9 Å². The van der Waals surface area contributed by atoms with Gasteiger partial charge < -0.3 is 15.7 Å². The highest BCUT2D eigenvalue weighted by Gasteiger charge is 2.22. The molecule has 1 rings (SSSR count). The minimum Gasteiger partial charge on any atom is -0.479 e. The molecule has 6 nitrogen and oxygen atoms in total. The third-order valence-electron chi connectivity index (χ3n) is 2.11. The molecular weight excluding hydrogens is 256 g/mol. The molecule has 1 unspecified atom stereocenters. The third kappa shape index (κ3) is 4.54. The van der Waals surface area contributed by atoms with E-state index in [1.165, 1.54) is 18.3 Å². The zero-order chi connectivity index (χ0) is 13.5. The lowest BCUT2D eigenvalue weighted by Gasteiger charge is -2.12. The SMILES string of the molecule is CC(=O)NCCC(=O)NC(C(=O)O)c1cccs1. The van der Waals surface area contributed by atoms with E-state index in [1.54, 1.807) is 17.5 Å². The van der Waals surface area contributed by atoms with Gasteiger partial charge in [-0.1, -0.05) is 6.07 Å². The minimum atomic E-state index is -1.11. The van der Waals surface area contributed by atoms with Crippen LogP contribution in [0, 0.1) is 0 Å². The summed E-state index contributed by atoms with van der Waals surface area (Å²) in [6.45, 7) is 1.54. The fourth-order valence-electron chi connectivity index (χ4n) is 1.30. The maximum Gasteiger partial charge on any atom is 0.331 e. The molecule has 0 aliphatic heterocycles. The summed E-state index contributed by atoms with van der Waals surface area (Å²) in [5.74, 6) is -1.74. The first-order valence-corrected chi connectivity index (χ1v) is 6.18. The number of aliphatic carboxylic acids is 1. The molecule has 3 N–H and O–H groups in total. The number of rotatable bonds is 6. The molecule has 0 bridgehead atoms. The molecule has 2 amide bonds. The molecule has 1 heterocycles. The lowest BCUT2D eigenvalue weighted by molar-refractivity contribution is -0.142. The first-order valence-electron chi connectivity index (χ1n) is 5.30. The fourth-order valence-corrected chi connectivity index (χ4v) is 2.06. The molecule has 0 aliphatic carbocycles. The molecule has 0 aromatic carbocycles. The van der Waals surface area contributed by atoms with Crippen molar-refractivity contribution in [2.45, 2.75) is 19.4 Å². The molecule has 1 atom stereocenters. The van der Waals surface area contributed by atoms with Crippen LogP contribution in [0.2, 0.25) is 0 Å². The summed E-state index contributed by atoms with van der Waals surface area (Å²) in [7, 11) is 0. The normalized spacial score (nSPS) is 11.6. The van der Waals surface area contributed by atoms with Gasteiger partial charge in [0.05, 0.1) is 0 Å². The van der Waals surface area contributed by atoms with Crippen LogP contribution in [0.4, 0.5) is 0 Å². The second-order valence-corrected chi connectivity index (χ2v) is 4.57. The van der Waals surface area contributed by atoms with Crippen molar-refractivity contribution in [2.24, 2.45) is 0 Å². The number of nitrogens with one attached hydrogen (secondary N) is 2. The summed E-state index contributed by atoms with van der Waals surface area (Å²) >= 11 is 1.26. The van der Waals surface area contributed by atoms with E-state index in [2.05, 4.69) is 10.6 Å². The van der Waals surface area contributed by atoms with Crippen molar-refractivity contribution < 1.29 is 19.5 Å². The van der Waals surface area contributed by atoms with Gasteiger partial charge in [0.15, 0.2) is 6.04 Å². The Morgan fingerprint density at radius 2 is 2.17 bits per heavy atom. The topological polar surface area (TPSA) is 95.5 Å². The van der Waals surface area contributed by atoms with Crippen molar-refractivity contribution in [1.82, 2.24) is 10.6 Å². The molecule has 98 valence electrons. The highest BCUT2D eigenvalue weighted by atomic mass is 32.1. The van der Waals surface area contributed by atoms with Crippen LogP contribution in [-0.2, 0) is 14.4 Å². The summed E-state index contributed by atoms with van der Waals surface area (Å²) in [4.78, 5) is 33.7. The fraction of sp³-hybridized carbons (Fsp3) is 0.364. The van der Waals surface area contributed by atoms with Crippen LogP contribution in [-0.4, -0.2) is 29.4 Å². The van der Waals surface area contributed by atoms with Crippen LogP contribution >= 0.6 is 11.3 Å². The summed E-state index contributed by atoms with van der Waals surface area (Å²) in [5, 5.41) is 15.7. The summed E-state index contributed by atoms with van der Waals surface area (Å²) < 4.78 is 0. The van der Waals surface area contributed by atoms with E-state index in [0.717, 1.165) is 0 Å². The van der Waals surface area contributed by atoms with Crippen LogP contribution in [0.15, 0.2) is 17.5 Å². The van der Waals surface area contributed by atoms with Crippen molar-refractivity contribution in [3.63, 3.8) is 0 Å².